The maximum absolute atomic E-state index is 12.6. The summed E-state index contributed by atoms with van der Waals surface area (Å²) in [6, 6.07) is 12.0. The Morgan fingerprint density at radius 2 is 1.82 bits per heavy atom. The fraction of sp³-hybridized carbons (Fsp3) is 0.250. The van der Waals surface area contributed by atoms with Crippen molar-refractivity contribution in [3.8, 4) is 16.9 Å². The van der Waals surface area contributed by atoms with Gasteiger partial charge in [-0.1, -0.05) is 18.2 Å². The Bertz CT molecular complexity index is 1540. The minimum atomic E-state index is -3.36. The topological polar surface area (TPSA) is 118 Å². The van der Waals surface area contributed by atoms with Crippen LogP contribution in [0.3, 0.4) is 0 Å². The Hall–Kier alpha value is -3.59. The van der Waals surface area contributed by atoms with Crippen molar-refractivity contribution in [1.82, 2.24) is 9.97 Å². The summed E-state index contributed by atoms with van der Waals surface area (Å²) in [5, 5.41) is 1.11. The van der Waals surface area contributed by atoms with E-state index in [1.807, 2.05) is 12.1 Å². The van der Waals surface area contributed by atoms with Gasteiger partial charge in [0.05, 0.1) is 10.3 Å². The quantitative estimate of drug-likeness (QED) is 0.426. The van der Waals surface area contributed by atoms with Crippen LogP contribution < -0.4 is 10.3 Å². The largest absolute Gasteiger partial charge is 0.514 e. The molecule has 1 aliphatic carbocycles. The number of carbonyl (C=O) groups excluding carboxylic acids is 1. The highest BCUT2D eigenvalue weighted by Crippen LogP contribution is 2.34. The lowest BCUT2D eigenvalue weighted by Crippen LogP contribution is -2.18. The molecule has 1 saturated carbocycles. The molecule has 8 nitrogen and oxygen atoms in total. The predicted octanol–water partition coefficient (Wildman–Crippen LogP) is 4.54. The molecule has 1 fully saturated rings. The van der Waals surface area contributed by atoms with Crippen molar-refractivity contribution in [2.75, 3.05) is 6.26 Å². The van der Waals surface area contributed by atoms with Crippen LogP contribution in [0.5, 0.6) is 5.75 Å². The Morgan fingerprint density at radius 1 is 1.06 bits per heavy atom. The molecular formula is C24H22N2O6S. The lowest BCUT2D eigenvalue weighted by atomic mass is 10.0. The fourth-order valence-electron chi connectivity index (χ4n) is 4.32. The zero-order valence-electron chi connectivity index (χ0n) is 17.9. The molecule has 170 valence electrons. The van der Waals surface area contributed by atoms with E-state index in [-0.39, 0.29) is 27.8 Å². The highest BCUT2D eigenvalue weighted by Gasteiger charge is 2.22. The predicted molar refractivity (Wildman–Crippen MR) is 124 cm³/mol. The number of pyridine rings is 1. The van der Waals surface area contributed by atoms with Crippen molar-refractivity contribution in [3.05, 3.63) is 59.0 Å². The van der Waals surface area contributed by atoms with E-state index < -0.39 is 16.0 Å². The number of benzene rings is 2. The third-order valence-corrected chi connectivity index (χ3v) is 7.07. The highest BCUT2D eigenvalue weighted by atomic mass is 32.2. The molecule has 2 heterocycles. The van der Waals surface area contributed by atoms with Crippen molar-refractivity contribution < 1.29 is 22.7 Å². The average molecular weight is 467 g/mol. The number of sulfone groups is 1. The van der Waals surface area contributed by atoms with E-state index >= 15 is 0 Å². The van der Waals surface area contributed by atoms with Gasteiger partial charge in [0.1, 0.15) is 11.6 Å². The molecule has 2 aromatic heterocycles. The van der Waals surface area contributed by atoms with Gasteiger partial charge < -0.3 is 19.4 Å². The first-order valence-corrected chi connectivity index (χ1v) is 12.5. The lowest BCUT2D eigenvalue weighted by molar-refractivity contribution is 0.0617. The van der Waals surface area contributed by atoms with Crippen LogP contribution in [0, 0.1) is 0 Å². The van der Waals surface area contributed by atoms with E-state index in [9.17, 15) is 18.0 Å². The van der Waals surface area contributed by atoms with Gasteiger partial charge in [0.25, 0.3) is 5.56 Å². The van der Waals surface area contributed by atoms with Crippen LogP contribution >= 0.6 is 0 Å². The Labute approximate surface area is 189 Å². The van der Waals surface area contributed by atoms with Crippen molar-refractivity contribution in [1.29, 1.82) is 0 Å². The second kappa shape index (κ2) is 8.08. The van der Waals surface area contributed by atoms with Gasteiger partial charge in [-0.2, -0.15) is 0 Å². The first kappa shape index (κ1) is 21.3. The van der Waals surface area contributed by atoms with Gasteiger partial charge >= 0.3 is 6.16 Å². The van der Waals surface area contributed by atoms with Crippen molar-refractivity contribution in [3.63, 3.8) is 0 Å². The fourth-order valence-corrected chi connectivity index (χ4v) is 4.99. The first-order valence-electron chi connectivity index (χ1n) is 10.7. The molecule has 0 atom stereocenters. The van der Waals surface area contributed by atoms with Gasteiger partial charge in [0.15, 0.2) is 15.6 Å². The lowest BCUT2D eigenvalue weighted by Gasteiger charge is -2.11. The van der Waals surface area contributed by atoms with Crippen LogP contribution in [0.25, 0.3) is 32.9 Å². The normalized spacial score (nSPS) is 14.7. The number of rotatable bonds is 4. The zero-order valence-corrected chi connectivity index (χ0v) is 18.7. The molecule has 1 aliphatic rings. The summed E-state index contributed by atoms with van der Waals surface area (Å²) in [4.78, 5) is 30.8. The molecule has 9 heteroatoms. The molecular weight excluding hydrogens is 444 g/mol. The Kier molecular flexibility index (Phi) is 5.20. The molecule has 0 bridgehead atoms. The van der Waals surface area contributed by atoms with E-state index in [0.717, 1.165) is 37.5 Å². The van der Waals surface area contributed by atoms with E-state index in [0.29, 0.717) is 21.9 Å². The number of nitrogens with one attached hydrogen (secondary N) is 2. The summed E-state index contributed by atoms with van der Waals surface area (Å²) in [5.74, 6) is 0.200. The number of H-pyrrole nitrogens is 2. The molecule has 0 unspecified atom stereocenters. The maximum atomic E-state index is 12.6. The SMILES string of the molecule is CS(=O)(=O)c1cccc(-c2ccc3[nH]c(=O)c4[nH]cc(OC(=O)OC5CCCC5)c4c3c2)c1. The van der Waals surface area contributed by atoms with Gasteiger partial charge in [0.2, 0.25) is 0 Å². The molecule has 0 amide bonds. The summed E-state index contributed by atoms with van der Waals surface area (Å²) in [6.45, 7) is 0. The smallest absolute Gasteiger partial charge is 0.431 e. The molecule has 2 aromatic carbocycles. The number of hydrogen-bond donors (Lipinski definition) is 2. The van der Waals surface area contributed by atoms with Gasteiger partial charge in [-0.15, -0.1) is 0 Å². The third kappa shape index (κ3) is 4.11. The Morgan fingerprint density at radius 3 is 2.58 bits per heavy atom. The molecule has 4 aromatic rings. The van der Waals surface area contributed by atoms with Gasteiger partial charge in [-0.3, -0.25) is 4.79 Å². The van der Waals surface area contributed by atoms with E-state index in [1.54, 1.807) is 30.3 Å². The molecule has 2 N–H and O–H groups in total. The molecule has 0 saturated heterocycles. The summed E-state index contributed by atoms with van der Waals surface area (Å²) < 4.78 is 34.8. The zero-order chi connectivity index (χ0) is 23.2. The van der Waals surface area contributed by atoms with Crippen molar-refractivity contribution in [2.24, 2.45) is 0 Å². The number of ether oxygens (including phenoxy) is 2. The molecule has 5 rings (SSSR count). The van der Waals surface area contributed by atoms with Crippen molar-refractivity contribution >= 4 is 37.8 Å². The summed E-state index contributed by atoms with van der Waals surface area (Å²) in [7, 11) is -3.36. The van der Waals surface area contributed by atoms with Crippen LogP contribution in [0.2, 0.25) is 0 Å². The second-order valence-corrected chi connectivity index (χ2v) is 10.3. The van der Waals surface area contributed by atoms with Gasteiger partial charge in [0, 0.05) is 23.4 Å². The van der Waals surface area contributed by atoms with Crippen LogP contribution in [-0.4, -0.2) is 36.9 Å². The van der Waals surface area contributed by atoms with Crippen molar-refractivity contribution in [2.45, 2.75) is 36.7 Å². The van der Waals surface area contributed by atoms with Crippen LogP contribution in [0.4, 0.5) is 4.79 Å². The number of carbonyl (C=O) groups is 1. The maximum Gasteiger partial charge on any atom is 0.514 e. The summed E-state index contributed by atoms with van der Waals surface area (Å²) in [5.41, 5.74) is 1.94. The van der Waals surface area contributed by atoms with Crippen LogP contribution in [0.1, 0.15) is 25.7 Å². The Balaban J connectivity index is 1.60. The number of fused-ring (bicyclic) bond motifs is 3. The standard InChI is InChI=1S/C24H22N2O6S/c1-33(29,30)17-8-4-5-14(11-17)15-9-10-19-18(12-15)21-20(13-25-22(21)23(27)26-19)32-24(28)31-16-6-2-3-7-16/h4-5,8-13,16,25H,2-3,6-7H2,1H3,(H,26,27). The molecule has 0 aliphatic heterocycles. The van der Waals surface area contributed by atoms with E-state index in [4.69, 9.17) is 9.47 Å². The summed E-state index contributed by atoms with van der Waals surface area (Å²) in [6.07, 6.45) is 5.37. The first-order chi connectivity index (χ1) is 15.8. The minimum Gasteiger partial charge on any atom is -0.431 e. The minimum absolute atomic E-state index is 0.142. The molecule has 0 radical (unpaired) electrons. The van der Waals surface area contributed by atoms with Gasteiger partial charge in [-0.05, 0) is 61.1 Å². The second-order valence-electron chi connectivity index (χ2n) is 8.29. The molecule has 33 heavy (non-hydrogen) atoms. The van der Waals surface area contributed by atoms with Crippen LogP contribution in [-0.2, 0) is 14.6 Å². The monoisotopic (exact) mass is 466 g/mol. The third-order valence-electron chi connectivity index (χ3n) is 5.96. The van der Waals surface area contributed by atoms with E-state index in [2.05, 4.69) is 9.97 Å². The number of aromatic amines is 2. The average Bonchev–Trinajstić information content (AvgIpc) is 3.44. The number of aromatic nitrogens is 2. The summed E-state index contributed by atoms with van der Waals surface area (Å²) >= 11 is 0. The number of hydrogen-bond acceptors (Lipinski definition) is 6. The highest BCUT2D eigenvalue weighted by molar-refractivity contribution is 7.90. The molecule has 0 spiro atoms. The van der Waals surface area contributed by atoms with E-state index in [1.165, 1.54) is 6.20 Å². The van der Waals surface area contributed by atoms with Gasteiger partial charge in [-0.25, -0.2) is 13.2 Å². The van der Waals surface area contributed by atoms with Crippen LogP contribution in [0.15, 0.2) is 58.4 Å².